The second kappa shape index (κ2) is 3.52. The first-order chi connectivity index (χ1) is 7.84. The molecule has 1 aromatic heterocycles. The van der Waals surface area contributed by atoms with E-state index in [1.54, 1.807) is 6.20 Å². The maximum absolute atomic E-state index is 5.78. The number of para-hydroxylation sites is 1. The van der Waals surface area contributed by atoms with Gasteiger partial charge < -0.3 is 10.6 Å². The van der Waals surface area contributed by atoms with Crippen LogP contribution in [0.15, 0.2) is 42.6 Å². The van der Waals surface area contributed by atoms with Gasteiger partial charge in [-0.3, -0.25) is 0 Å². The first kappa shape index (κ1) is 9.21. The summed E-state index contributed by atoms with van der Waals surface area (Å²) >= 11 is 0. The summed E-state index contributed by atoms with van der Waals surface area (Å²) in [6, 6.07) is 12.2. The molecule has 2 aromatic rings. The van der Waals surface area contributed by atoms with E-state index in [-0.39, 0.29) is 0 Å². The Bertz CT molecular complexity index is 522. The number of benzene rings is 1. The summed E-state index contributed by atoms with van der Waals surface area (Å²) in [5.41, 5.74) is 9.17. The number of rotatable bonds is 1. The molecular weight excluding hydrogens is 198 g/mol. The molecule has 0 bridgehead atoms. The molecular formula is C13H13N3. The van der Waals surface area contributed by atoms with Gasteiger partial charge in [0.2, 0.25) is 0 Å². The van der Waals surface area contributed by atoms with Crippen LogP contribution in [0.25, 0.3) is 0 Å². The zero-order valence-electron chi connectivity index (χ0n) is 8.93. The Morgan fingerprint density at radius 1 is 1.19 bits per heavy atom. The minimum atomic E-state index is 0.759. The number of nitrogen functional groups attached to an aromatic ring is 1. The van der Waals surface area contributed by atoms with Gasteiger partial charge in [0, 0.05) is 30.2 Å². The Morgan fingerprint density at radius 3 is 2.94 bits per heavy atom. The van der Waals surface area contributed by atoms with E-state index in [1.807, 2.05) is 12.1 Å². The molecule has 80 valence electrons. The second-order valence-electron chi connectivity index (χ2n) is 3.98. The lowest BCUT2D eigenvalue weighted by Gasteiger charge is -2.18. The molecule has 3 rings (SSSR count). The predicted molar refractivity (Wildman–Crippen MR) is 65.8 cm³/mol. The van der Waals surface area contributed by atoms with Crippen molar-refractivity contribution in [3.63, 3.8) is 0 Å². The van der Waals surface area contributed by atoms with Crippen LogP contribution in [-0.2, 0) is 6.42 Å². The molecule has 3 nitrogen and oxygen atoms in total. The Hall–Kier alpha value is -2.03. The average Bonchev–Trinajstić information content (AvgIpc) is 2.72. The molecule has 0 amide bonds. The van der Waals surface area contributed by atoms with E-state index in [2.05, 4.69) is 34.1 Å². The van der Waals surface area contributed by atoms with Gasteiger partial charge in [0.25, 0.3) is 0 Å². The number of pyridine rings is 1. The molecule has 0 saturated heterocycles. The van der Waals surface area contributed by atoms with Crippen molar-refractivity contribution < 1.29 is 0 Å². The molecule has 0 saturated carbocycles. The van der Waals surface area contributed by atoms with Gasteiger partial charge in [-0.05, 0) is 24.1 Å². The summed E-state index contributed by atoms with van der Waals surface area (Å²) in [5.74, 6) is 0.935. The maximum Gasteiger partial charge on any atom is 0.134 e. The van der Waals surface area contributed by atoms with Crippen LogP contribution in [0.2, 0.25) is 0 Å². The number of aromatic nitrogens is 1. The molecule has 1 aliphatic rings. The van der Waals surface area contributed by atoms with E-state index < -0.39 is 0 Å². The molecule has 16 heavy (non-hydrogen) atoms. The Kier molecular flexibility index (Phi) is 2.03. The van der Waals surface area contributed by atoms with Crippen molar-refractivity contribution in [1.82, 2.24) is 4.98 Å². The van der Waals surface area contributed by atoms with Crippen LogP contribution in [0.1, 0.15) is 5.56 Å². The maximum atomic E-state index is 5.78. The fourth-order valence-corrected chi connectivity index (χ4v) is 2.16. The number of fused-ring (bicyclic) bond motifs is 1. The molecule has 1 aromatic carbocycles. The lowest BCUT2D eigenvalue weighted by Crippen LogP contribution is -2.14. The number of anilines is 3. The first-order valence-corrected chi connectivity index (χ1v) is 5.41. The third kappa shape index (κ3) is 1.41. The third-order valence-electron chi connectivity index (χ3n) is 2.93. The van der Waals surface area contributed by atoms with Crippen molar-refractivity contribution in [2.24, 2.45) is 0 Å². The number of hydrogen-bond donors (Lipinski definition) is 1. The van der Waals surface area contributed by atoms with E-state index in [0.717, 1.165) is 24.5 Å². The molecule has 0 unspecified atom stereocenters. The summed E-state index contributed by atoms with van der Waals surface area (Å²) in [5, 5.41) is 0. The molecule has 0 aliphatic carbocycles. The molecule has 2 N–H and O–H groups in total. The summed E-state index contributed by atoms with van der Waals surface area (Å²) in [7, 11) is 0. The van der Waals surface area contributed by atoms with Gasteiger partial charge in [0.15, 0.2) is 0 Å². The zero-order valence-corrected chi connectivity index (χ0v) is 8.93. The van der Waals surface area contributed by atoms with Gasteiger partial charge in [0.1, 0.15) is 5.82 Å². The quantitative estimate of drug-likeness (QED) is 0.787. The van der Waals surface area contributed by atoms with Gasteiger partial charge in [-0.1, -0.05) is 18.2 Å². The Labute approximate surface area is 94.5 Å². The molecule has 0 fully saturated rings. The fraction of sp³-hybridized carbons (Fsp3) is 0.154. The summed E-state index contributed by atoms with van der Waals surface area (Å²) in [4.78, 5) is 6.58. The van der Waals surface area contributed by atoms with Crippen molar-refractivity contribution in [1.29, 1.82) is 0 Å². The van der Waals surface area contributed by atoms with Gasteiger partial charge in [-0.2, -0.15) is 0 Å². The van der Waals surface area contributed by atoms with Crippen LogP contribution >= 0.6 is 0 Å². The topological polar surface area (TPSA) is 42.1 Å². The van der Waals surface area contributed by atoms with Crippen molar-refractivity contribution >= 4 is 17.2 Å². The highest BCUT2D eigenvalue weighted by atomic mass is 15.2. The molecule has 0 atom stereocenters. The summed E-state index contributed by atoms with van der Waals surface area (Å²) in [6.45, 7) is 0.982. The monoisotopic (exact) mass is 211 g/mol. The fourth-order valence-electron chi connectivity index (χ4n) is 2.16. The lowest BCUT2D eigenvalue weighted by molar-refractivity contribution is 0.975. The minimum absolute atomic E-state index is 0.759. The molecule has 0 spiro atoms. The van der Waals surface area contributed by atoms with Crippen molar-refractivity contribution in [2.75, 3.05) is 17.2 Å². The molecule has 3 heteroatoms. The summed E-state index contributed by atoms with van der Waals surface area (Å²) < 4.78 is 0. The number of hydrogen-bond acceptors (Lipinski definition) is 3. The van der Waals surface area contributed by atoms with E-state index >= 15 is 0 Å². The van der Waals surface area contributed by atoms with E-state index in [9.17, 15) is 0 Å². The Balaban J connectivity index is 2.05. The normalized spacial score (nSPS) is 13.9. The Morgan fingerprint density at radius 2 is 2.06 bits per heavy atom. The van der Waals surface area contributed by atoms with Crippen molar-refractivity contribution in [2.45, 2.75) is 6.42 Å². The van der Waals surface area contributed by atoms with E-state index in [1.165, 1.54) is 11.3 Å². The highest BCUT2D eigenvalue weighted by molar-refractivity contribution is 5.68. The van der Waals surface area contributed by atoms with Crippen LogP contribution in [-0.4, -0.2) is 11.5 Å². The highest BCUT2D eigenvalue weighted by Crippen LogP contribution is 2.33. The third-order valence-corrected chi connectivity index (χ3v) is 2.93. The number of nitrogens with zero attached hydrogens (tertiary/aromatic N) is 2. The highest BCUT2D eigenvalue weighted by Gasteiger charge is 2.20. The van der Waals surface area contributed by atoms with Gasteiger partial charge in [0.05, 0.1) is 0 Å². The SMILES string of the molecule is Nc1ccnc(N2CCc3ccccc32)c1. The van der Waals surface area contributed by atoms with Gasteiger partial charge in [-0.25, -0.2) is 4.98 Å². The minimum Gasteiger partial charge on any atom is -0.399 e. The molecule has 0 radical (unpaired) electrons. The standard InChI is InChI=1S/C13H13N3/c14-11-5-7-15-13(9-11)16-8-6-10-3-1-2-4-12(10)16/h1-5,7,9H,6,8H2,(H2,14,15). The summed E-state index contributed by atoms with van der Waals surface area (Å²) in [6.07, 6.45) is 2.83. The van der Waals surface area contributed by atoms with Crippen LogP contribution in [0, 0.1) is 0 Å². The van der Waals surface area contributed by atoms with Gasteiger partial charge >= 0.3 is 0 Å². The van der Waals surface area contributed by atoms with Crippen LogP contribution in [0.3, 0.4) is 0 Å². The van der Waals surface area contributed by atoms with Crippen LogP contribution < -0.4 is 10.6 Å². The molecule has 1 aliphatic heterocycles. The van der Waals surface area contributed by atoms with Crippen molar-refractivity contribution in [3.05, 3.63) is 48.2 Å². The average molecular weight is 211 g/mol. The molecule has 2 heterocycles. The van der Waals surface area contributed by atoms with Crippen molar-refractivity contribution in [3.8, 4) is 0 Å². The first-order valence-electron chi connectivity index (χ1n) is 5.41. The lowest BCUT2D eigenvalue weighted by atomic mass is 10.2. The predicted octanol–water partition coefficient (Wildman–Crippen LogP) is 2.36. The zero-order chi connectivity index (χ0) is 11.0. The van der Waals surface area contributed by atoms with E-state index in [0.29, 0.717) is 0 Å². The van der Waals surface area contributed by atoms with Crippen LogP contribution in [0.5, 0.6) is 0 Å². The second-order valence-corrected chi connectivity index (χ2v) is 3.98. The number of nitrogens with two attached hydrogens (primary N) is 1. The van der Waals surface area contributed by atoms with Gasteiger partial charge in [-0.15, -0.1) is 0 Å². The van der Waals surface area contributed by atoms with E-state index in [4.69, 9.17) is 5.73 Å². The smallest absolute Gasteiger partial charge is 0.134 e. The van der Waals surface area contributed by atoms with Crippen LogP contribution in [0.4, 0.5) is 17.2 Å². The largest absolute Gasteiger partial charge is 0.399 e.